The van der Waals surface area contributed by atoms with Gasteiger partial charge in [0.25, 0.3) is 0 Å². The van der Waals surface area contributed by atoms with Crippen molar-refractivity contribution in [3.05, 3.63) is 60.8 Å². The molecule has 0 aliphatic heterocycles. The van der Waals surface area contributed by atoms with Crippen LogP contribution in [0.2, 0.25) is 0 Å². The molecule has 0 fully saturated rings. The minimum atomic E-state index is -0.775. The Morgan fingerprint density at radius 2 is 0.514 bits per heavy atom. The second-order valence-electron chi connectivity index (χ2n) is 20.3. The maximum absolute atomic E-state index is 12.8. The number of rotatable bonds is 55. The zero-order valence-corrected chi connectivity index (χ0v) is 46.5. The molecular formula is C64H114O6. The maximum Gasteiger partial charge on any atom is 0.306 e. The second kappa shape index (κ2) is 58.7. The van der Waals surface area contributed by atoms with Gasteiger partial charge in [-0.15, -0.1) is 0 Å². The van der Waals surface area contributed by atoms with E-state index in [1.165, 1.54) is 193 Å². The molecule has 0 radical (unpaired) electrons. The van der Waals surface area contributed by atoms with E-state index in [2.05, 4.69) is 81.5 Å². The summed E-state index contributed by atoms with van der Waals surface area (Å²) in [5.74, 6) is -0.883. The van der Waals surface area contributed by atoms with Crippen molar-refractivity contribution in [2.24, 2.45) is 0 Å². The summed E-state index contributed by atoms with van der Waals surface area (Å²) in [5.41, 5.74) is 0. The molecule has 70 heavy (non-hydrogen) atoms. The predicted molar refractivity (Wildman–Crippen MR) is 302 cm³/mol. The predicted octanol–water partition coefficient (Wildman–Crippen LogP) is 20.4. The molecule has 1 atom stereocenters. The van der Waals surface area contributed by atoms with Gasteiger partial charge in [-0.05, 0) is 89.9 Å². The number of hydrogen-bond donors (Lipinski definition) is 0. The first-order chi connectivity index (χ1) is 34.5. The maximum atomic E-state index is 12.8. The zero-order chi connectivity index (χ0) is 50.7. The zero-order valence-electron chi connectivity index (χ0n) is 46.5. The molecule has 0 saturated carbocycles. The van der Waals surface area contributed by atoms with E-state index in [0.29, 0.717) is 19.3 Å². The third-order valence-corrected chi connectivity index (χ3v) is 13.2. The van der Waals surface area contributed by atoms with Crippen LogP contribution in [0.15, 0.2) is 60.8 Å². The van der Waals surface area contributed by atoms with E-state index >= 15 is 0 Å². The van der Waals surface area contributed by atoms with Gasteiger partial charge in [0.1, 0.15) is 13.2 Å². The van der Waals surface area contributed by atoms with Crippen molar-refractivity contribution in [2.75, 3.05) is 13.2 Å². The Bertz CT molecular complexity index is 1260. The topological polar surface area (TPSA) is 78.9 Å². The highest BCUT2D eigenvalue weighted by molar-refractivity contribution is 5.71. The van der Waals surface area contributed by atoms with Gasteiger partial charge in [-0.25, -0.2) is 0 Å². The number of carbonyl (C=O) groups excluding carboxylic acids is 3. The molecular weight excluding hydrogens is 865 g/mol. The van der Waals surface area contributed by atoms with Gasteiger partial charge < -0.3 is 14.2 Å². The highest BCUT2D eigenvalue weighted by Crippen LogP contribution is 2.16. The van der Waals surface area contributed by atoms with Gasteiger partial charge in [0.15, 0.2) is 6.10 Å². The summed E-state index contributed by atoms with van der Waals surface area (Å²) in [5, 5.41) is 0. The van der Waals surface area contributed by atoms with Crippen molar-refractivity contribution in [1.82, 2.24) is 0 Å². The summed E-state index contributed by atoms with van der Waals surface area (Å²) in [6.45, 7) is 6.58. The van der Waals surface area contributed by atoms with E-state index in [0.717, 1.165) is 77.0 Å². The molecule has 6 heteroatoms. The Balaban J connectivity index is 4.12. The summed E-state index contributed by atoms with van der Waals surface area (Å²) >= 11 is 0. The average Bonchev–Trinajstić information content (AvgIpc) is 3.36. The molecule has 0 rings (SSSR count). The normalized spacial score (nSPS) is 12.4. The second-order valence-corrected chi connectivity index (χ2v) is 20.3. The van der Waals surface area contributed by atoms with Crippen LogP contribution in [0.3, 0.4) is 0 Å². The van der Waals surface area contributed by atoms with Crippen LogP contribution < -0.4 is 0 Å². The smallest absolute Gasteiger partial charge is 0.306 e. The Morgan fingerprint density at radius 3 is 0.800 bits per heavy atom. The molecule has 0 heterocycles. The van der Waals surface area contributed by atoms with Crippen LogP contribution in [0.4, 0.5) is 0 Å². The lowest BCUT2D eigenvalue weighted by molar-refractivity contribution is -0.167. The number of unbranched alkanes of at least 4 members (excludes halogenated alkanes) is 34. The van der Waals surface area contributed by atoms with E-state index < -0.39 is 6.10 Å². The van der Waals surface area contributed by atoms with Crippen LogP contribution in [0.1, 0.15) is 310 Å². The number of ether oxygens (including phenoxy) is 3. The van der Waals surface area contributed by atoms with Crippen LogP contribution in [0.5, 0.6) is 0 Å². The first-order valence-corrected chi connectivity index (χ1v) is 30.3. The first kappa shape index (κ1) is 67.1. The number of carbonyl (C=O) groups is 3. The molecule has 6 nitrogen and oxygen atoms in total. The largest absolute Gasteiger partial charge is 0.462 e. The van der Waals surface area contributed by atoms with E-state index in [4.69, 9.17) is 14.2 Å². The van der Waals surface area contributed by atoms with Crippen LogP contribution in [0, 0.1) is 0 Å². The molecule has 0 spiro atoms. The fourth-order valence-corrected chi connectivity index (χ4v) is 8.66. The molecule has 0 N–H and O–H groups in total. The summed E-state index contributed by atoms with van der Waals surface area (Å²) in [6, 6.07) is 0. The third-order valence-electron chi connectivity index (χ3n) is 13.2. The lowest BCUT2D eigenvalue weighted by Gasteiger charge is -2.18. The Hall–Kier alpha value is -2.89. The van der Waals surface area contributed by atoms with E-state index in [1.54, 1.807) is 0 Å². The monoisotopic (exact) mass is 979 g/mol. The number of esters is 3. The quantitative estimate of drug-likeness (QED) is 0.0261. The number of hydrogen-bond acceptors (Lipinski definition) is 6. The molecule has 0 amide bonds. The van der Waals surface area contributed by atoms with Crippen molar-refractivity contribution in [1.29, 1.82) is 0 Å². The highest BCUT2D eigenvalue weighted by atomic mass is 16.6. The minimum absolute atomic E-state index is 0.0761. The molecule has 0 aliphatic rings. The van der Waals surface area contributed by atoms with Crippen molar-refractivity contribution >= 4 is 17.9 Å². The molecule has 1 unspecified atom stereocenters. The molecule has 0 aromatic carbocycles. The fraction of sp³-hybridized carbons (Fsp3) is 0.797. The highest BCUT2D eigenvalue weighted by Gasteiger charge is 2.19. The summed E-state index contributed by atoms with van der Waals surface area (Å²) in [6.07, 6.45) is 73.9. The van der Waals surface area contributed by atoms with Gasteiger partial charge in [-0.2, -0.15) is 0 Å². The van der Waals surface area contributed by atoms with Crippen molar-refractivity contribution < 1.29 is 28.6 Å². The van der Waals surface area contributed by atoms with Gasteiger partial charge >= 0.3 is 17.9 Å². The molecule has 0 bridgehead atoms. The van der Waals surface area contributed by atoms with Gasteiger partial charge in [-0.1, -0.05) is 261 Å². The SMILES string of the molecule is CCCCCCC/C=C\C/C=C\C/C=C\CCCCCCCCCCCCC(=O)OCC(COC(=O)CCCCCCCC)OC(=O)CCCCCCCCCCC/C=C\C/C=C\CCCCCCC. The molecule has 406 valence electrons. The molecule has 0 aliphatic carbocycles. The van der Waals surface area contributed by atoms with Crippen molar-refractivity contribution in [3.8, 4) is 0 Å². The van der Waals surface area contributed by atoms with Crippen LogP contribution in [0.25, 0.3) is 0 Å². The first-order valence-electron chi connectivity index (χ1n) is 30.3. The van der Waals surface area contributed by atoms with Crippen LogP contribution >= 0.6 is 0 Å². The van der Waals surface area contributed by atoms with Gasteiger partial charge in [0.05, 0.1) is 0 Å². The Morgan fingerprint density at radius 1 is 0.286 bits per heavy atom. The van der Waals surface area contributed by atoms with Crippen molar-refractivity contribution in [2.45, 2.75) is 316 Å². The summed E-state index contributed by atoms with van der Waals surface area (Å²) < 4.78 is 16.8. The van der Waals surface area contributed by atoms with Crippen LogP contribution in [-0.4, -0.2) is 37.2 Å². The molecule has 0 aromatic rings. The molecule has 0 saturated heterocycles. The van der Waals surface area contributed by atoms with E-state index in [9.17, 15) is 14.4 Å². The minimum Gasteiger partial charge on any atom is -0.462 e. The Kier molecular flexibility index (Phi) is 56.3. The van der Waals surface area contributed by atoms with Gasteiger partial charge in [-0.3, -0.25) is 14.4 Å². The van der Waals surface area contributed by atoms with Crippen molar-refractivity contribution in [3.63, 3.8) is 0 Å². The Labute approximate surface area is 434 Å². The van der Waals surface area contributed by atoms with Gasteiger partial charge in [0, 0.05) is 19.3 Å². The van der Waals surface area contributed by atoms with E-state index in [1.807, 2.05) is 0 Å². The number of allylic oxidation sites excluding steroid dienone is 10. The third kappa shape index (κ3) is 56.0. The van der Waals surface area contributed by atoms with E-state index in [-0.39, 0.29) is 31.1 Å². The molecule has 0 aromatic heterocycles. The van der Waals surface area contributed by atoms with Crippen LogP contribution in [-0.2, 0) is 28.6 Å². The lowest BCUT2D eigenvalue weighted by Crippen LogP contribution is -2.30. The lowest BCUT2D eigenvalue weighted by atomic mass is 10.0. The summed E-state index contributed by atoms with van der Waals surface area (Å²) in [7, 11) is 0. The standard InChI is InChI=1S/C64H114O6/c1-4-7-10-13-16-18-20-22-24-26-28-30-31-32-33-35-36-38-40-42-44-46-48-51-54-57-63(66)69-60-61(59-68-62(65)56-53-50-15-12-9-6-3)70-64(67)58-55-52-49-47-45-43-41-39-37-34-29-27-25-23-21-19-17-14-11-8-5-2/h20-23,26-29,31-32,61H,4-19,24-25,30,33-60H2,1-3H3/b22-20-,23-21-,28-26-,29-27-,32-31-. The summed E-state index contributed by atoms with van der Waals surface area (Å²) in [4.78, 5) is 37.9. The average molecular weight is 980 g/mol. The fourth-order valence-electron chi connectivity index (χ4n) is 8.66. The van der Waals surface area contributed by atoms with Gasteiger partial charge in [0.2, 0.25) is 0 Å².